The molecule has 7 nitrogen and oxygen atoms in total. The lowest BCUT2D eigenvalue weighted by molar-refractivity contribution is 0.594. The predicted octanol–water partition coefficient (Wildman–Crippen LogP) is 1.82. The van der Waals surface area contributed by atoms with E-state index in [-0.39, 0.29) is 12.1 Å². The van der Waals surface area contributed by atoms with E-state index in [9.17, 15) is 0 Å². The van der Waals surface area contributed by atoms with Crippen LogP contribution in [0, 0.1) is 0 Å². The lowest BCUT2D eigenvalue weighted by Crippen LogP contribution is -2.37. The second-order valence-corrected chi connectivity index (χ2v) is 8.37. The molecule has 4 N–H and O–H groups in total. The summed E-state index contributed by atoms with van der Waals surface area (Å²) < 4.78 is 0. The van der Waals surface area contributed by atoms with Gasteiger partial charge in [0.1, 0.15) is 0 Å². The molecule has 3 heterocycles. The van der Waals surface area contributed by atoms with Crippen molar-refractivity contribution < 1.29 is 0 Å². The Morgan fingerprint density at radius 1 is 0.767 bits per heavy atom. The molecule has 0 radical (unpaired) electrons. The van der Waals surface area contributed by atoms with E-state index < -0.39 is 0 Å². The van der Waals surface area contributed by atoms with Gasteiger partial charge in [0.15, 0.2) is 11.9 Å². The molecule has 1 aromatic carbocycles. The van der Waals surface area contributed by atoms with E-state index in [1.54, 1.807) is 0 Å². The number of benzene rings is 1. The largest absolute Gasteiger partial charge is 0.355 e. The first-order valence-electron chi connectivity index (χ1n) is 11.1. The van der Waals surface area contributed by atoms with Crippen molar-refractivity contribution in [2.45, 2.75) is 37.8 Å². The van der Waals surface area contributed by atoms with Crippen LogP contribution in [0.25, 0.3) is 11.1 Å². The number of aliphatic imine (C=N–C) groups is 2. The maximum atomic E-state index is 5.28. The van der Waals surface area contributed by atoms with Crippen LogP contribution >= 0.6 is 0 Å². The van der Waals surface area contributed by atoms with E-state index in [2.05, 4.69) is 61.6 Å². The van der Waals surface area contributed by atoms with Crippen molar-refractivity contribution in [3.05, 3.63) is 52.8 Å². The fourth-order valence-electron chi connectivity index (χ4n) is 5.19. The molecule has 7 heteroatoms. The zero-order valence-electron chi connectivity index (χ0n) is 17.0. The zero-order valence-corrected chi connectivity index (χ0v) is 17.0. The molecule has 4 aliphatic rings. The summed E-state index contributed by atoms with van der Waals surface area (Å²) in [5.41, 5.74) is 7.92. The first-order chi connectivity index (χ1) is 14.9. The van der Waals surface area contributed by atoms with E-state index in [0.29, 0.717) is 0 Å². The van der Waals surface area contributed by atoms with Crippen molar-refractivity contribution in [1.29, 1.82) is 0 Å². The van der Waals surface area contributed by atoms with Crippen LogP contribution in [0.3, 0.4) is 0 Å². The number of hydrogen-bond acceptors (Lipinski definition) is 7. The van der Waals surface area contributed by atoms with Crippen molar-refractivity contribution in [1.82, 2.24) is 26.3 Å². The molecule has 0 spiro atoms. The zero-order chi connectivity index (χ0) is 19.9. The summed E-state index contributed by atoms with van der Waals surface area (Å²) in [4.78, 5) is 14.4. The fraction of sp³-hybridized carbons (Fsp3) is 0.435. The Morgan fingerprint density at radius 2 is 1.33 bits per heavy atom. The third kappa shape index (κ3) is 3.00. The molecule has 2 atom stereocenters. The van der Waals surface area contributed by atoms with Gasteiger partial charge in [-0.1, -0.05) is 30.3 Å². The highest BCUT2D eigenvalue weighted by Gasteiger charge is 2.36. The number of hydrogen-bond donors (Lipinski definition) is 4. The van der Waals surface area contributed by atoms with Crippen LogP contribution in [-0.4, -0.2) is 43.1 Å². The van der Waals surface area contributed by atoms with E-state index in [1.807, 2.05) is 0 Å². The molecular formula is C23H27N7. The molecule has 1 aromatic heterocycles. The molecular weight excluding hydrogens is 374 g/mol. The van der Waals surface area contributed by atoms with Crippen molar-refractivity contribution in [2.24, 2.45) is 9.98 Å². The highest BCUT2D eigenvalue weighted by molar-refractivity contribution is 5.83. The molecule has 2 aromatic rings. The third-order valence-electron chi connectivity index (χ3n) is 6.52. The van der Waals surface area contributed by atoms with Gasteiger partial charge in [0, 0.05) is 13.1 Å². The highest BCUT2D eigenvalue weighted by atomic mass is 15.2. The molecule has 2 aliphatic carbocycles. The standard InChI is InChI=1S/C23H27N7/c1-2-4-14(5-3-1)19-15-6-8-17(28-22-24-10-11-25-22)20(15)30-21-16(19)7-9-18(21)29-23-26-12-13-27-23/h1-5,17-18H,6-13H2,(H2,24,25,28)(H2,26,27,29)/t17-,18-/m0/s1. The topological polar surface area (TPSA) is 85.7 Å². The normalized spacial score (nSPS) is 23.9. The number of fused-ring (bicyclic) bond motifs is 2. The maximum Gasteiger partial charge on any atom is 0.191 e. The minimum Gasteiger partial charge on any atom is -0.355 e. The van der Waals surface area contributed by atoms with Gasteiger partial charge in [-0.05, 0) is 47.9 Å². The van der Waals surface area contributed by atoms with Crippen molar-refractivity contribution in [3.8, 4) is 11.1 Å². The third-order valence-corrected chi connectivity index (χ3v) is 6.52. The molecule has 0 amide bonds. The monoisotopic (exact) mass is 401 g/mol. The second-order valence-electron chi connectivity index (χ2n) is 8.37. The summed E-state index contributed by atoms with van der Waals surface area (Å²) in [5, 5.41) is 13.9. The fourth-order valence-corrected chi connectivity index (χ4v) is 5.19. The molecule has 0 saturated heterocycles. The van der Waals surface area contributed by atoms with Crippen LogP contribution in [-0.2, 0) is 12.8 Å². The number of nitrogens with one attached hydrogen (secondary N) is 4. The van der Waals surface area contributed by atoms with Crippen LogP contribution in [0.15, 0.2) is 40.3 Å². The number of pyridine rings is 1. The minimum atomic E-state index is 0.209. The molecule has 2 aliphatic heterocycles. The SMILES string of the molecule is c1ccc(-c2c3c(nc4c2CC[C@@H]4NC2=NCCN2)[C@@H](NC2=NCCN2)CC3)cc1. The molecule has 0 unspecified atom stereocenters. The number of rotatable bonds is 3. The van der Waals surface area contributed by atoms with Gasteiger partial charge in [0.05, 0.1) is 36.6 Å². The van der Waals surface area contributed by atoms with Gasteiger partial charge < -0.3 is 21.3 Å². The number of nitrogens with zero attached hydrogens (tertiary/aromatic N) is 3. The number of aromatic nitrogens is 1. The Morgan fingerprint density at radius 3 is 1.83 bits per heavy atom. The summed E-state index contributed by atoms with van der Waals surface area (Å²) in [7, 11) is 0. The molecule has 154 valence electrons. The maximum absolute atomic E-state index is 5.28. The Hall–Kier alpha value is -3.09. The Labute approximate surface area is 176 Å². The van der Waals surface area contributed by atoms with Crippen molar-refractivity contribution in [3.63, 3.8) is 0 Å². The van der Waals surface area contributed by atoms with E-state index in [1.165, 1.54) is 33.6 Å². The van der Waals surface area contributed by atoms with Gasteiger partial charge in [0.25, 0.3) is 0 Å². The smallest absolute Gasteiger partial charge is 0.191 e. The molecule has 0 fully saturated rings. The van der Waals surface area contributed by atoms with Gasteiger partial charge in [-0.25, -0.2) is 0 Å². The Balaban J connectivity index is 1.43. The van der Waals surface area contributed by atoms with Crippen molar-refractivity contribution >= 4 is 11.9 Å². The van der Waals surface area contributed by atoms with Crippen LogP contribution in [0.4, 0.5) is 0 Å². The van der Waals surface area contributed by atoms with E-state index >= 15 is 0 Å². The van der Waals surface area contributed by atoms with Gasteiger partial charge in [0.2, 0.25) is 0 Å². The first-order valence-corrected chi connectivity index (χ1v) is 11.1. The van der Waals surface area contributed by atoms with Gasteiger partial charge in [-0.2, -0.15) is 0 Å². The summed E-state index contributed by atoms with van der Waals surface area (Å²) >= 11 is 0. The van der Waals surface area contributed by atoms with Crippen LogP contribution < -0.4 is 21.3 Å². The summed E-state index contributed by atoms with van der Waals surface area (Å²) in [5.74, 6) is 1.83. The van der Waals surface area contributed by atoms with Gasteiger partial charge in [-0.3, -0.25) is 15.0 Å². The van der Waals surface area contributed by atoms with Crippen LogP contribution in [0.1, 0.15) is 47.4 Å². The summed E-state index contributed by atoms with van der Waals surface area (Å²) in [6.45, 7) is 3.51. The lowest BCUT2D eigenvalue weighted by Gasteiger charge is -2.20. The highest BCUT2D eigenvalue weighted by Crippen LogP contribution is 2.44. The quantitative estimate of drug-likeness (QED) is 0.630. The van der Waals surface area contributed by atoms with E-state index in [4.69, 9.17) is 4.98 Å². The average molecular weight is 402 g/mol. The first kappa shape index (κ1) is 17.7. The van der Waals surface area contributed by atoms with Crippen LogP contribution in [0.5, 0.6) is 0 Å². The Kier molecular flexibility index (Phi) is 4.32. The number of guanidine groups is 2. The predicted molar refractivity (Wildman–Crippen MR) is 119 cm³/mol. The molecule has 6 rings (SSSR count). The van der Waals surface area contributed by atoms with Gasteiger partial charge in [-0.15, -0.1) is 0 Å². The summed E-state index contributed by atoms with van der Waals surface area (Å²) in [6.07, 6.45) is 4.21. The van der Waals surface area contributed by atoms with Crippen LogP contribution in [0.2, 0.25) is 0 Å². The van der Waals surface area contributed by atoms with Crippen molar-refractivity contribution in [2.75, 3.05) is 26.2 Å². The summed E-state index contributed by atoms with van der Waals surface area (Å²) in [6, 6.07) is 11.3. The van der Waals surface area contributed by atoms with E-state index in [0.717, 1.165) is 63.8 Å². The molecule has 0 bridgehead atoms. The Bertz CT molecular complexity index is 967. The molecule has 30 heavy (non-hydrogen) atoms. The average Bonchev–Trinajstić information content (AvgIpc) is 3.57. The van der Waals surface area contributed by atoms with Gasteiger partial charge >= 0.3 is 0 Å². The lowest BCUT2D eigenvalue weighted by atomic mass is 9.93. The molecule has 0 saturated carbocycles. The minimum absolute atomic E-state index is 0.209. The second kappa shape index (κ2) is 7.31.